The average Bonchev–Trinajstić information content (AvgIpc) is 2.94. The number of β-amino-alcohol motifs (C(OH)–C–C–N with tert-alkyl or cyclic N) is 1. The van der Waals surface area contributed by atoms with Crippen molar-refractivity contribution < 1.29 is 14.3 Å². The molecule has 0 unspecified atom stereocenters. The summed E-state index contributed by atoms with van der Waals surface area (Å²) in [5, 5.41) is 10.8. The van der Waals surface area contributed by atoms with E-state index in [4.69, 9.17) is 27.6 Å². The number of amides is 1. The van der Waals surface area contributed by atoms with Crippen LogP contribution in [0.2, 0.25) is 10.0 Å². The van der Waals surface area contributed by atoms with E-state index < -0.39 is 5.60 Å². The summed E-state index contributed by atoms with van der Waals surface area (Å²) in [6, 6.07) is 10.2. The SMILES string of the molecule is CC1(O)CN(C(=O)c2ccc3nc(-c4cc(Cl)cc(Cl)c4)oc3c2)C1. The molecule has 7 heteroatoms. The minimum Gasteiger partial charge on any atom is -0.436 e. The number of carbonyl (C=O) groups excluding carboxylic acids is 1. The van der Waals surface area contributed by atoms with E-state index in [-0.39, 0.29) is 5.91 Å². The Morgan fingerprint density at radius 3 is 2.52 bits per heavy atom. The molecule has 2 aromatic carbocycles. The van der Waals surface area contributed by atoms with Crippen LogP contribution in [0.1, 0.15) is 17.3 Å². The van der Waals surface area contributed by atoms with Crippen molar-refractivity contribution in [3.05, 3.63) is 52.0 Å². The van der Waals surface area contributed by atoms with Crippen LogP contribution in [0.5, 0.6) is 0 Å². The second kappa shape index (κ2) is 5.73. The van der Waals surface area contributed by atoms with Crippen molar-refractivity contribution in [3.63, 3.8) is 0 Å². The molecular weight excluding hydrogens is 363 g/mol. The first-order valence-corrected chi connectivity index (χ1v) is 8.45. The minimum absolute atomic E-state index is 0.142. The molecule has 2 heterocycles. The van der Waals surface area contributed by atoms with Crippen LogP contribution in [0, 0.1) is 0 Å². The smallest absolute Gasteiger partial charge is 0.254 e. The third kappa shape index (κ3) is 3.11. The van der Waals surface area contributed by atoms with Crippen molar-refractivity contribution in [2.75, 3.05) is 13.1 Å². The first kappa shape index (κ1) is 16.4. The highest BCUT2D eigenvalue weighted by Gasteiger charge is 2.39. The van der Waals surface area contributed by atoms with Crippen molar-refractivity contribution in [3.8, 4) is 11.5 Å². The predicted molar refractivity (Wildman–Crippen MR) is 96.0 cm³/mol. The number of nitrogens with zero attached hydrogens (tertiary/aromatic N) is 2. The molecule has 0 aliphatic carbocycles. The first-order chi connectivity index (χ1) is 11.8. The van der Waals surface area contributed by atoms with Gasteiger partial charge in [-0.05, 0) is 43.3 Å². The maximum atomic E-state index is 12.4. The molecule has 3 aromatic rings. The number of benzene rings is 2. The van der Waals surface area contributed by atoms with Crippen LogP contribution in [0.4, 0.5) is 0 Å². The van der Waals surface area contributed by atoms with Gasteiger partial charge >= 0.3 is 0 Å². The van der Waals surface area contributed by atoms with E-state index in [0.29, 0.717) is 51.3 Å². The minimum atomic E-state index is -0.801. The molecule has 0 radical (unpaired) electrons. The monoisotopic (exact) mass is 376 g/mol. The van der Waals surface area contributed by atoms with Crippen molar-refractivity contribution in [2.45, 2.75) is 12.5 Å². The van der Waals surface area contributed by atoms with Gasteiger partial charge in [0.2, 0.25) is 5.89 Å². The highest BCUT2D eigenvalue weighted by atomic mass is 35.5. The zero-order valence-electron chi connectivity index (χ0n) is 13.3. The van der Waals surface area contributed by atoms with Crippen LogP contribution in [-0.4, -0.2) is 39.6 Å². The normalized spacial score (nSPS) is 16.1. The van der Waals surface area contributed by atoms with Gasteiger partial charge in [0.05, 0.1) is 18.7 Å². The molecule has 1 N–H and O–H groups in total. The zero-order valence-corrected chi connectivity index (χ0v) is 14.8. The number of aromatic nitrogens is 1. The number of oxazole rings is 1. The molecule has 4 rings (SSSR count). The second-order valence-corrected chi connectivity index (χ2v) is 7.39. The van der Waals surface area contributed by atoms with Crippen LogP contribution in [0.25, 0.3) is 22.6 Å². The van der Waals surface area contributed by atoms with Crippen molar-refractivity contribution in [1.29, 1.82) is 0 Å². The van der Waals surface area contributed by atoms with Crippen LogP contribution < -0.4 is 0 Å². The van der Waals surface area contributed by atoms with Gasteiger partial charge in [-0.1, -0.05) is 23.2 Å². The molecule has 1 aromatic heterocycles. The zero-order chi connectivity index (χ0) is 17.8. The summed E-state index contributed by atoms with van der Waals surface area (Å²) in [5.41, 5.74) is 1.50. The predicted octanol–water partition coefficient (Wildman–Crippen LogP) is 4.01. The van der Waals surface area contributed by atoms with Crippen molar-refractivity contribution in [2.24, 2.45) is 0 Å². The topological polar surface area (TPSA) is 66.6 Å². The number of halogens is 2. The molecule has 0 saturated carbocycles. The Morgan fingerprint density at radius 2 is 1.88 bits per heavy atom. The maximum Gasteiger partial charge on any atom is 0.254 e. The van der Waals surface area contributed by atoms with Crippen LogP contribution in [0.3, 0.4) is 0 Å². The lowest BCUT2D eigenvalue weighted by molar-refractivity contribution is -0.0668. The molecule has 0 bridgehead atoms. The summed E-state index contributed by atoms with van der Waals surface area (Å²) in [6.45, 7) is 2.36. The molecule has 1 amide bonds. The fourth-order valence-corrected chi connectivity index (χ4v) is 3.49. The van der Waals surface area contributed by atoms with Crippen molar-refractivity contribution in [1.82, 2.24) is 9.88 Å². The number of likely N-dealkylation sites (tertiary alicyclic amines) is 1. The Morgan fingerprint density at radius 1 is 1.20 bits per heavy atom. The quantitative estimate of drug-likeness (QED) is 0.733. The number of fused-ring (bicyclic) bond motifs is 1. The van der Waals surface area contributed by atoms with Gasteiger partial charge < -0.3 is 14.4 Å². The van der Waals surface area contributed by atoms with E-state index in [0.717, 1.165) is 0 Å². The van der Waals surface area contributed by atoms with E-state index in [1.54, 1.807) is 48.2 Å². The number of rotatable bonds is 2. The largest absolute Gasteiger partial charge is 0.436 e. The highest BCUT2D eigenvalue weighted by molar-refractivity contribution is 6.35. The summed E-state index contributed by atoms with van der Waals surface area (Å²) in [6.07, 6.45) is 0. The molecule has 1 aliphatic rings. The fraction of sp³-hybridized carbons (Fsp3) is 0.222. The van der Waals surface area contributed by atoms with E-state index >= 15 is 0 Å². The van der Waals surface area contributed by atoms with Gasteiger partial charge in [-0.25, -0.2) is 4.98 Å². The van der Waals surface area contributed by atoms with E-state index in [1.807, 2.05) is 0 Å². The summed E-state index contributed by atoms with van der Waals surface area (Å²) in [5.74, 6) is 0.244. The average molecular weight is 377 g/mol. The summed E-state index contributed by atoms with van der Waals surface area (Å²) < 4.78 is 5.78. The van der Waals surface area contributed by atoms with Crippen LogP contribution in [0.15, 0.2) is 40.8 Å². The van der Waals surface area contributed by atoms with Gasteiger partial charge in [0.1, 0.15) is 5.52 Å². The summed E-state index contributed by atoms with van der Waals surface area (Å²) >= 11 is 12.0. The van der Waals surface area contributed by atoms with E-state index in [2.05, 4.69) is 4.98 Å². The molecule has 5 nitrogen and oxygen atoms in total. The van der Waals surface area contributed by atoms with Crippen LogP contribution >= 0.6 is 23.2 Å². The van der Waals surface area contributed by atoms with Gasteiger partial charge in [0.15, 0.2) is 5.58 Å². The number of hydrogen-bond donors (Lipinski definition) is 1. The molecule has 0 spiro atoms. The van der Waals surface area contributed by atoms with Crippen LogP contribution in [-0.2, 0) is 0 Å². The molecule has 25 heavy (non-hydrogen) atoms. The van der Waals surface area contributed by atoms with Gasteiger partial charge in [-0.3, -0.25) is 4.79 Å². The lowest BCUT2D eigenvalue weighted by Crippen LogP contribution is -2.61. The van der Waals surface area contributed by atoms with Gasteiger partial charge in [0.25, 0.3) is 5.91 Å². The molecule has 0 atom stereocenters. The lowest BCUT2D eigenvalue weighted by atomic mass is 9.96. The van der Waals surface area contributed by atoms with Crippen molar-refractivity contribution >= 4 is 40.2 Å². The Hall–Kier alpha value is -2.08. The summed E-state index contributed by atoms with van der Waals surface area (Å²) in [7, 11) is 0. The Kier molecular flexibility index (Phi) is 3.76. The first-order valence-electron chi connectivity index (χ1n) is 7.69. The third-order valence-electron chi connectivity index (χ3n) is 4.10. The molecule has 1 fully saturated rings. The van der Waals surface area contributed by atoms with Gasteiger partial charge in [-0.2, -0.15) is 0 Å². The standard InChI is InChI=1S/C18H14Cl2N2O3/c1-18(24)8-22(9-18)17(23)10-2-3-14-15(6-10)25-16(21-14)11-4-12(19)7-13(20)5-11/h2-7,24H,8-9H2,1H3. The fourth-order valence-electron chi connectivity index (χ4n) is 2.96. The van der Waals surface area contributed by atoms with Gasteiger partial charge in [-0.15, -0.1) is 0 Å². The Bertz CT molecular complexity index is 969. The second-order valence-electron chi connectivity index (χ2n) is 6.52. The lowest BCUT2D eigenvalue weighted by Gasteiger charge is -2.44. The molecule has 1 saturated heterocycles. The Balaban J connectivity index is 1.67. The molecule has 1 aliphatic heterocycles. The Labute approximate surface area is 153 Å². The third-order valence-corrected chi connectivity index (χ3v) is 4.53. The van der Waals surface area contributed by atoms with Gasteiger partial charge in [0, 0.05) is 21.2 Å². The van der Waals surface area contributed by atoms with E-state index in [1.165, 1.54) is 0 Å². The number of aliphatic hydroxyl groups is 1. The summed E-state index contributed by atoms with van der Waals surface area (Å²) in [4.78, 5) is 18.5. The maximum absolute atomic E-state index is 12.4. The molecule has 128 valence electrons. The van der Waals surface area contributed by atoms with E-state index in [9.17, 15) is 9.90 Å². The highest BCUT2D eigenvalue weighted by Crippen LogP contribution is 2.30. The molecular formula is C18H14Cl2N2O3. The number of hydrogen-bond acceptors (Lipinski definition) is 4. The number of carbonyl (C=O) groups is 1.